The number of carbonyl (C=O) groups excluding carboxylic acids is 1. The van der Waals surface area contributed by atoms with Gasteiger partial charge in [0.25, 0.3) is 11.5 Å². The summed E-state index contributed by atoms with van der Waals surface area (Å²) in [4.78, 5) is 33.5. The maximum Gasteiger partial charge on any atom is 0.279 e. The van der Waals surface area contributed by atoms with E-state index < -0.39 is 23.1 Å². The van der Waals surface area contributed by atoms with Crippen LogP contribution in [0.4, 0.5) is 8.78 Å². The van der Waals surface area contributed by atoms with E-state index in [1.165, 1.54) is 4.90 Å². The van der Waals surface area contributed by atoms with Crippen LogP contribution in [0.25, 0.3) is 0 Å². The first-order valence-electron chi connectivity index (χ1n) is 8.69. The molecule has 0 saturated heterocycles. The fourth-order valence-corrected chi connectivity index (χ4v) is 3.33. The molecule has 0 atom stereocenters. The average molecular weight is 361 g/mol. The van der Waals surface area contributed by atoms with Gasteiger partial charge in [0, 0.05) is 23.8 Å². The Morgan fingerprint density at radius 3 is 2.65 bits per heavy atom. The number of aromatic amines is 1. The summed E-state index contributed by atoms with van der Waals surface area (Å²) >= 11 is 0. The summed E-state index contributed by atoms with van der Waals surface area (Å²) < 4.78 is 27.6. The molecule has 0 spiro atoms. The molecule has 1 aromatic heterocycles. The molecular weight excluding hydrogens is 340 g/mol. The van der Waals surface area contributed by atoms with Crippen molar-refractivity contribution in [1.82, 2.24) is 14.9 Å². The van der Waals surface area contributed by atoms with E-state index in [1.807, 2.05) is 0 Å². The third kappa shape index (κ3) is 3.66. The van der Waals surface area contributed by atoms with Gasteiger partial charge in [0.15, 0.2) is 5.69 Å². The maximum absolute atomic E-state index is 14.1. The maximum atomic E-state index is 14.1. The third-order valence-electron chi connectivity index (χ3n) is 4.92. The van der Waals surface area contributed by atoms with Crippen LogP contribution in [0.3, 0.4) is 0 Å². The zero-order valence-corrected chi connectivity index (χ0v) is 14.8. The molecular formula is C19H21F2N3O2. The number of H-pyrrole nitrogens is 1. The van der Waals surface area contributed by atoms with E-state index in [1.54, 1.807) is 13.8 Å². The minimum Gasteiger partial charge on any atom is -0.330 e. The lowest BCUT2D eigenvalue weighted by molar-refractivity contribution is 0.0653. The first-order chi connectivity index (χ1) is 12.4. The Morgan fingerprint density at radius 1 is 1.27 bits per heavy atom. The van der Waals surface area contributed by atoms with Crippen molar-refractivity contribution in [3.63, 3.8) is 0 Å². The SMILES string of the molecule is Cc1nc(C(=O)N(Cc2cc(F)ccc2F)C2CCCC2)c(=O)[nH]c1C. The Balaban J connectivity index is 1.98. The Bertz CT molecular complexity index is 889. The molecule has 1 saturated carbocycles. The van der Waals surface area contributed by atoms with Crippen LogP contribution >= 0.6 is 0 Å². The molecule has 1 heterocycles. The molecule has 1 aliphatic rings. The number of carbonyl (C=O) groups is 1. The summed E-state index contributed by atoms with van der Waals surface area (Å²) in [5.41, 5.74) is 0.453. The summed E-state index contributed by atoms with van der Waals surface area (Å²) in [6.07, 6.45) is 3.45. The molecule has 26 heavy (non-hydrogen) atoms. The smallest absolute Gasteiger partial charge is 0.279 e. The van der Waals surface area contributed by atoms with Gasteiger partial charge in [-0.25, -0.2) is 13.8 Å². The van der Waals surface area contributed by atoms with Crippen molar-refractivity contribution >= 4 is 5.91 Å². The zero-order valence-electron chi connectivity index (χ0n) is 14.8. The highest BCUT2D eigenvalue weighted by Crippen LogP contribution is 2.26. The van der Waals surface area contributed by atoms with Crippen LogP contribution in [-0.2, 0) is 6.54 Å². The Labute approximate surface area is 150 Å². The number of amides is 1. The summed E-state index contributed by atoms with van der Waals surface area (Å²) in [5.74, 6) is -1.70. The van der Waals surface area contributed by atoms with Crippen LogP contribution in [-0.4, -0.2) is 26.8 Å². The molecule has 0 bridgehead atoms. The van der Waals surface area contributed by atoms with Gasteiger partial charge in [-0.1, -0.05) is 12.8 Å². The van der Waals surface area contributed by atoms with E-state index in [-0.39, 0.29) is 23.8 Å². The monoisotopic (exact) mass is 361 g/mol. The highest BCUT2D eigenvalue weighted by molar-refractivity contribution is 5.92. The number of nitrogens with one attached hydrogen (secondary N) is 1. The second kappa shape index (κ2) is 7.35. The zero-order chi connectivity index (χ0) is 18.8. The second-order valence-corrected chi connectivity index (χ2v) is 6.73. The van der Waals surface area contributed by atoms with E-state index in [0.29, 0.717) is 11.4 Å². The lowest BCUT2D eigenvalue weighted by atomic mass is 10.1. The Hall–Kier alpha value is -2.57. The van der Waals surface area contributed by atoms with Crippen molar-refractivity contribution in [2.45, 2.75) is 52.1 Å². The minimum atomic E-state index is -0.579. The van der Waals surface area contributed by atoms with Crippen molar-refractivity contribution in [3.05, 3.63) is 62.8 Å². The second-order valence-electron chi connectivity index (χ2n) is 6.73. The van der Waals surface area contributed by atoms with Crippen LogP contribution in [0.2, 0.25) is 0 Å². The summed E-state index contributed by atoms with van der Waals surface area (Å²) in [6.45, 7) is 3.31. The van der Waals surface area contributed by atoms with Crippen molar-refractivity contribution < 1.29 is 13.6 Å². The van der Waals surface area contributed by atoms with Crippen molar-refractivity contribution in [2.24, 2.45) is 0 Å². The lowest BCUT2D eigenvalue weighted by Crippen LogP contribution is -2.41. The first kappa shape index (κ1) is 18.2. The van der Waals surface area contributed by atoms with Gasteiger partial charge in [0.2, 0.25) is 0 Å². The summed E-state index contributed by atoms with van der Waals surface area (Å²) in [7, 11) is 0. The van der Waals surface area contributed by atoms with Gasteiger partial charge in [0.1, 0.15) is 11.6 Å². The topological polar surface area (TPSA) is 66.1 Å². The molecule has 0 unspecified atom stereocenters. The molecule has 1 N–H and O–H groups in total. The van der Waals surface area contributed by atoms with Gasteiger partial charge >= 0.3 is 0 Å². The molecule has 138 valence electrons. The van der Waals surface area contributed by atoms with Crippen LogP contribution < -0.4 is 5.56 Å². The molecule has 3 rings (SSSR count). The summed E-state index contributed by atoms with van der Waals surface area (Å²) in [6, 6.07) is 3.05. The van der Waals surface area contributed by atoms with E-state index in [2.05, 4.69) is 9.97 Å². The largest absolute Gasteiger partial charge is 0.330 e. The standard InChI is InChI=1S/C19H21F2N3O2/c1-11-12(2)23-18(25)17(22-11)19(26)24(15-5-3-4-6-15)10-13-9-14(20)7-8-16(13)21/h7-9,15H,3-6,10H2,1-2H3,(H,23,25). The minimum absolute atomic E-state index is 0.0884. The van der Waals surface area contributed by atoms with E-state index in [9.17, 15) is 18.4 Å². The molecule has 1 amide bonds. The molecule has 7 heteroatoms. The Kier molecular flexibility index (Phi) is 5.15. The van der Waals surface area contributed by atoms with Crippen LogP contribution in [0.1, 0.15) is 53.1 Å². The van der Waals surface area contributed by atoms with Crippen LogP contribution in [0, 0.1) is 25.5 Å². The third-order valence-corrected chi connectivity index (χ3v) is 4.92. The number of benzene rings is 1. The fourth-order valence-electron chi connectivity index (χ4n) is 3.33. The molecule has 1 aromatic carbocycles. The first-order valence-corrected chi connectivity index (χ1v) is 8.69. The van der Waals surface area contributed by atoms with E-state index >= 15 is 0 Å². The van der Waals surface area contributed by atoms with Crippen molar-refractivity contribution in [3.8, 4) is 0 Å². The number of hydrogen-bond donors (Lipinski definition) is 1. The van der Waals surface area contributed by atoms with Gasteiger partial charge in [-0.3, -0.25) is 9.59 Å². The Morgan fingerprint density at radius 2 is 1.96 bits per heavy atom. The molecule has 0 aliphatic heterocycles. The van der Waals surface area contributed by atoms with Crippen molar-refractivity contribution in [1.29, 1.82) is 0 Å². The van der Waals surface area contributed by atoms with E-state index in [0.717, 1.165) is 43.9 Å². The van der Waals surface area contributed by atoms with Crippen LogP contribution in [0.15, 0.2) is 23.0 Å². The number of halogens is 2. The normalized spacial score (nSPS) is 14.6. The molecule has 0 radical (unpaired) electrons. The van der Waals surface area contributed by atoms with Gasteiger partial charge in [0.05, 0.1) is 5.69 Å². The quantitative estimate of drug-likeness (QED) is 0.909. The van der Waals surface area contributed by atoms with Gasteiger partial charge in [-0.15, -0.1) is 0 Å². The molecule has 2 aromatic rings. The summed E-state index contributed by atoms with van der Waals surface area (Å²) in [5, 5.41) is 0. The van der Waals surface area contributed by atoms with Crippen LogP contribution in [0.5, 0.6) is 0 Å². The van der Waals surface area contributed by atoms with Gasteiger partial charge in [-0.2, -0.15) is 0 Å². The van der Waals surface area contributed by atoms with Crippen molar-refractivity contribution in [2.75, 3.05) is 0 Å². The van der Waals surface area contributed by atoms with E-state index in [4.69, 9.17) is 0 Å². The number of hydrogen-bond acceptors (Lipinski definition) is 3. The number of aryl methyl sites for hydroxylation is 2. The van der Waals surface area contributed by atoms with Gasteiger partial charge < -0.3 is 9.88 Å². The lowest BCUT2D eigenvalue weighted by Gasteiger charge is -2.29. The highest BCUT2D eigenvalue weighted by Gasteiger charge is 2.30. The van der Waals surface area contributed by atoms with Gasteiger partial charge in [-0.05, 0) is 44.9 Å². The number of aromatic nitrogens is 2. The molecule has 1 aliphatic carbocycles. The predicted octanol–water partition coefficient (Wildman–Crippen LogP) is 3.25. The molecule has 1 fully saturated rings. The molecule has 5 nitrogen and oxygen atoms in total. The highest BCUT2D eigenvalue weighted by atomic mass is 19.1. The number of nitrogens with zero attached hydrogens (tertiary/aromatic N) is 2. The predicted molar refractivity (Wildman–Crippen MR) is 92.8 cm³/mol. The number of rotatable bonds is 4. The average Bonchev–Trinajstić information content (AvgIpc) is 3.12. The fraction of sp³-hybridized carbons (Fsp3) is 0.421.